The second-order valence-electron chi connectivity index (χ2n) is 5.23. The minimum Gasteiger partial charge on any atom is -0.424 e. The molecular weight excluding hydrogens is 292 g/mol. The summed E-state index contributed by atoms with van der Waals surface area (Å²) < 4.78 is 5.52. The SMILES string of the molecule is CN(CCc1ccccn1)C(=O)CNc1nc2ccccc2o1. The van der Waals surface area contributed by atoms with E-state index in [2.05, 4.69) is 15.3 Å². The molecule has 0 spiro atoms. The van der Waals surface area contributed by atoms with Crippen molar-refractivity contribution in [1.82, 2.24) is 14.9 Å². The highest BCUT2D eigenvalue weighted by Crippen LogP contribution is 2.17. The Morgan fingerprint density at radius 2 is 2.04 bits per heavy atom. The molecule has 3 aromatic rings. The standard InChI is InChI=1S/C17H18N4O2/c1-21(11-9-13-6-4-5-10-18-13)16(22)12-19-17-20-14-7-2-3-8-15(14)23-17/h2-8,10H,9,11-12H2,1H3,(H,19,20). The lowest BCUT2D eigenvalue weighted by atomic mass is 10.2. The van der Waals surface area contributed by atoms with Crippen LogP contribution in [0.4, 0.5) is 6.01 Å². The third-order valence-corrected chi connectivity index (χ3v) is 3.54. The van der Waals surface area contributed by atoms with Gasteiger partial charge in [-0.2, -0.15) is 4.98 Å². The fourth-order valence-corrected chi connectivity index (χ4v) is 2.19. The van der Waals surface area contributed by atoms with E-state index in [1.807, 2.05) is 42.5 Å². The summed E-state index contributed by atoms with van der Waals surface area (Å²) in [5, 5.41) is 2.93. The highest BCUT2D eigenvalue weighted by atomic mass is 16.4. The maximum absolute atomic E-state index is 12.1. The van der Waals surface area contributed by atoms with Gasteiger partial charge in [-0.1, -0.05) is 18.2 Å². The van der Waals surface area contributed by atoms with Crippen LogP contribution < -0.4 is 5.32 Å². The molecule has 0 saturated heterocycles. The number of oxazole rings is 1. The number of hydrogen-bond donors (Lipinski definition) is 1. The molecular formula is C17H18N4O2. The number of benzene rings is 1. The normalized spacial score (nSPS) is 10.7. The topological polar surface area (TPSA) is 71.3 Å². The number of carbonyl (C=O) groups excluding carboxylic acids is 1. The Morgan fingerprint density at radius 3 is 2.83 bits per heavy atom. The summed E-state index contributed by atoms with van der Waals surface area (Å²) in [4.78, 5) is 22.3. The van der Waals surface area contributed by atoms with Crippen molar-refractivity contribution in [1.29, 1.82) is 0 Å². The molecule has 1 aromatic carbocycles. The Labute approximate surface area is 134 Å². The number of nitrogens with one attached hydrogen (secondary N) is 1. The predicted molar refractivity (Wildman–Crippen MR) is 88.1 cm³/mol. The van der Waals surface area contributed by atoms with Crippen LogP contribution in [0.15, 0.2) is 53.1 Å². The maximum atomic E-state index is 12.1. The Bertz CT molecular complexity index is 752. The van der Waals surface area contributed by atoms with Crippen LogP contribution in [0.2, 0.25) is 0 Å². The van der Waals surface area contributed by atoms with Gasteiger partial charge >= 0.3 is 0 Å². The average Bonchev–Trinajstić information content (AvgIpc) is 3.01. The van der Waals surface area contributed by atoms with Crippen molar-refractivity contribution >= 4 is 23.0 Å². The van der Waals surface area contributed by atoms with E-state index in [9.17, 15) is 4.79 Å². The van der Waals surface area contributed by atoms with Crippen LogP contribution in [-0.2, 0) is 11.2 Å². The van der Waals surface area contributed by atoms with Crippen molar-refractivity contribution < 1.29 is 9.21 Å². The van der Waals surface area contributed by atoms with E-state index >= 15 is 0 Å². The summed E-state index contributed by atoms with van der Waals surface area (Å²) >= 11 is 0. The fourth-order valence-electron chi connectivity index (χ4n) is 2.19. The third kappa shape index (κ3) is 3.85. The molecule has 23 heavy (non-hydrogen) atoms. The summed E-state index contributed by atoms with van der Waals surface area (Å²) in [5.74, 6) is -0.0248. The van der Waals surface area contributed by atoms with Gasteiger partial charge in [-0.05, 0) is 24.3 Å². The van der Waals surface area contributed by atoms with E-state index in [1.165, 1.54) is 0 Å². The van der Waals surface area contributed by atoms with Crippen molar-refractivity contribution in [3.63, 3.8) is 0 Å². The second-order valence-corrected chi connectivity index (χ2v) is 5.23. The second kappa shape index (κ2) is 6.91. The van der Waals surface area contributed by atoms with E-state index in [1.54, 1.807) is 18.1 Å². The van der Waals surface area contributed by atoms with Gasteiger partial charge in [-0.15, -0.1) is 0 Å². The van der Waals surface area contributed by atoms with Gasteiger partial charge in [0.05, 0.1) is 6.54 Å². The lowest BCUT2D eigenvalue weighted by Crippen LogP contribution is -2.33. The molecule has 0 fully saturated rings. The molecule has 0 aliphatic carbocycles. The summed E-state index contributed by atoms with van der Waals surface area (Å²) in [6.45, 7) is 0.761. The predicted octanol–water partition coefficient (Wildman–Crippen LogP) is 2.34. The van der Waals surface area contributed by atoms with E-state index in [-0.39, 0.29) is 12.5 Å². The number of amides is 1. The van der Waals surface area contributed by atoms with Gasteiger partial charge in [0.1, 0.15) is 5.52 Å². The van der Waals surface area contributed by atoms with Crippen LogP contribution >= 0.6 is 0 Å². The highest BCUT2D eigenvalue weighted by molar-refractivity contribution is 5.81. The first-order chi connectivity index (χ1) is 11.2. The summed E-state index contributed by atoms with van der Waals surface area (Å²) in [7, 11) is 1.78. The number of pyridine rings is 1. The largest absolute Gasteiger partial charge is 0.424 e. The zero-order valence-corrected chi connectivity index (χ0v) is 12.9. The van der Waals surface area contributed by atoms with Crippen LogP contribution in [0.1, 0.15) is 5.69 Å². The van der Waals surface area contributed by atoms with Crippen LogP contribution in [-0.4, -0.2) is 40.9 Å². The number of hydrogen-bond acceptors (Lipinski definition) is 5. The van der Waals surface area contributed by atoms with Gasteiger partial charge in [-0.3, -0.25) is 9.78 Å². The molecule has 6 nitrogen and oxygen atoms in total. The number of para-hydroxylation sites is 2. The van der Waals surface area contributed by atoms with Gasteiger partial charge in [0, 0.05) is 31.9 Å². The number of carbonyl (C=O) groups is 1. The smallest absolute Gasteiger partial charge is 0.296 e. The zero-order valence-electron chi connectivity index (χ0n) is 12.9. The first-order valence-electron chi connectivity index (χ1n) is 7.46. The Kier molecular flexibility index (Phi) is 4.52. The molecule has 1 amide bonds. The molecule has 0 bridgehead atoms. The molecule has 0 aliphatic heterocycles. The summed E-state index contributed by atoms with van der Waals surface area (Å²) in [6.07, 6.45) is 2.48. The molecule has 0 aliphatic rings. The average molecular weight is 310 g/mol. The minimum absolute atomic E-state index is 0.0248. The minimum atomic E-state index is -0.0248. The Morgan fingerprint density at radius 1 is 1.22 bits per heavy atom. The van der Waals surface area contributed by atoms with Gasteiger partial charge < -0.3 is 14.6 Å². The number of nitrogens with zero attached hydrogens (tertiary/aromatic N) is 3. The van der Waals surface area contributed by atoms with Crippen LogP contribution in [0.25, 0.3) is 11.1 Å². The van der Waals surface area contributed by atoms with Crippen molar-refractivity contribution in [2.75, 3.05) is 25.5 Å². The van der Waals surface area contributed by atoms with Gasteiger partial charge in [0.15, 0.2) is 5.58 Å². The van der Waals surface area contributed by atoms with Gasteiger partial charge in [-0.25, -0.2) is 0 Å². The third-order valence-electron chi connectivity index (χ3n) is 3.54. The molecule has 3 rings (SSSR count). The van der Waals surface area contributed by atoms with Crippen molar-refractivity contribution in [2.45, 2.75) is 6.42 Å². The molecule has 2 aromatic heterocycles. The first-order valence-corrected chi connectivity index (χ1v) is 7.46. The molecule has 0 atom stereocenters. The highest BCUT2D eigenvalue weighted by Gasteiger charge is 2.11. The number of anilines is 1. The Balaban J connectivity index is 1.50. The van der Waals surface area contributed by atoms with E-state index in [4.69, 9.17) is 4.42 Å². The van der Waals surface area contributed by atoms with Crippen molar-refractivity contribution in [2.24, 2.45) is 0 Å². The van der Waals surface area contributed by atoms with Crippen LogP contribution in [0, 0.1) is 0 Å². The zero-order chi connectivity index (χ0) is 16.1. The van der Waals surface area contributed by atoms with Gasteiger partial charge in [0.25, 0.3) is 6.01 Å². The number of rotatable bonds is 6. The Hall–Kier alpha value is -2.89. The maximum Gasteiger partial charge on any atom is 0.296 e. The first kappa shape index (κ1) is 15.0. The monoisotopic (exact) mass is 310 g/mol. The summed E-state index contributed by atoms with van der Waals surface area (Å²) in [5.41, 5.74) is 2.44. The van der Waals surface area contributed by atoms with Crippen LogP contribution in [0.3, 0.4) is 0 Å². The van der Waals surface area contributed by atoms with E-state index < -0.39 is 0 Å². The number of likely N-dealkylation sites (N-methyl/N-ethyl adjacent to an activating group) is 1. The quantitative estimate of drug-likeness (QED) is 0.756. The lowest BCUT2D eigenvalue weighted by Gasteiger charge is -2.16. The lowest BCUT2D eigenvalue weighted by molar-refractivity contribution is -0.128. The number of aromatic nitrogens is 2. The summed E-state index contributed by atoms with van der Waals surface area (Å²) in [6, 6.07) is 13.6. The van der Waals surface area contributed by atoms with Crippen molar-refractivity contribution in [3.05, 3.63) is 54.4 Å². The van der Waals surface area contributed by atoms with E-state index in [0.717, 1.165) is 17.6 Å². The molecule has 2 heterocycles. The molecule has 118 valence electrons. The van der Waals surface area contributed by atoms with E-state index in [0.29, 0.717) is 18.1 Å². The fraction of sp³-hybridized carbons (Fsp3) is 0.235. The molecule has 0 unspecified atom stereocenters. The van der Waals surface area contributed by atoms with Crippen molar-refractivity contribution in [3.8, 4) is 0 Å². The molecule has 0 radical (unpaired) electrons. The molecule has 1 N–H and O–H groups in total. The van der Waals surface area contributed by atoms with Gasteiger partial charge in [0.2, 0.25) is 5.91 Å². The number of fused-ring (bicyclic) bond motifs is 1. The molecule has 6 heteroatoms. The van der Waals surface area contributed by atoms with Crippen LogP contribution in [0.5, 0.6) is 0 Å². The molecule has 0 saturated carbocycles.